The molecule has 1 aromatic heterocycles. The van der Waals surface area contributed by atoms with Crippen LogP contribution in [-0.2, 0) is 7.05 Å². The normalized spacial score (nSPS) is 10.9. The number of benzene rings is 2. The monoisotopic (exact) mass is 331 g/mol. The van der Waals surface area contributed by atoms with Crippen LogP contribution >= 0.6 is 15.9 Å². The highest BCUT2D eigenvalue weighted by molar-refractivity contribution is 9.10. The minimum Gasteiger partial charge on any atom is -0.497 e. The lowest BCUT2D eigenvalue weighted by atomic mass is 10.2. The van der Waals surface area contributed by atoms with Gasteiger partial charge in [0.05, 0.1) is 18.1 Å². The highest BCUT2D eigenvalue weighted by Crippen LogP contribution is 2.32. The number of imidazole rings is 1. The molecule has 5 heteroatoms. The van der Waals surface area contributed by atoms with Crippen molar-refractivity contribution in [3.05, 3.63) is 40.9 Å². The lowest BCUT2D eigenvalue weighted by molar-refractivity contribution is 0.415. The second kappa shape index (κ2) is 4.83. The van der Waals surface area contributed by atoms with Gasteiger partial charge in [0.2, 0.25) is 0 Å². The van der Waals surface area contributed by atoms with Crippen molar-refractivity contribution in [2.75, 3.05) is 12.8 Å². The summed E-state index contributed by atoms with van der Waals surface area (Å²) in [6.45, 7) is 0. The number of ether oxygens (including phenoxy) is 1. The molecule has 20 heavy (non-hydrogen) atoms. The Hall–Kier alpha value is -2.01. The number of nitrogen functional groups attached to an aromatic ring is 1. The quantitative estimate of drug-likeness (QED) is 0.730. The highest BCUT2D eigenvalue weighted by Gasteiger charge is 2.13. The van der Waals surface area contributed by atoms with Crippen LogP contribution in [0.4, 0.5) is 5.69 Å². The molecule has 2 N–H and O–H groups in total. The predicted octanol–water partition coefficient (Wildman–Crippen LogP) is 3.59. The number of fused-ring (bicyclic) bond motifs is 1. The summed E-state index contributed by atoms with van der Waals surface area (Å²) < 4.78 is 8.26. The van der Waals surface area contributed by atoms with E-state index in [1.54, 1.807) is 7.11 Å². The molecular weight excluding hydrogens is 318 g/mol. The summed E-state index contributed by atoms with van der Waals surface area (Å²) in [7, 11) is 3.65. The molecule has 0 aliphatic heterocycles. The molecule has 102 valence electrons. The number of rotatable bonds is 2. The largest absolute Gasteiger partial charge is 0.497 e. The van der Waals surface area contributed by atoms with Crippen molar-refractivity contribution in [3.8, 4) is 17.1 Å². The van der Waals surface area contributed by atoms with Gasteiger partial charge in [0.1, 0.15) is 11.6 Å². The highest BCUT2D eigenvalue weighted by atomic mass is 79.9. The molecule has 1 heterocycles. The Balaban J connectivity index is 2.26. The number of nitrogens with two attached hydrogens (primary N) is 1. The third-order valence-electron chi connectivity index (χ3n) is 3.32. The topological polar surface area (TPSA) is 53.1 Å². The molecule has 0 saturated carbocycles. The zero-order valence-corrected chi connectivity index (χ0v) is 12.8. The van der Waals surface area contributed by atoms with Crippen molar-refractivity contribution < 1.29 is 4.74 Å². The molecule has 0 unspecified atom stereocenters. The molecule has 0 bridgehead atoms. The number of methoxy groups -OCH3 is 1. The van der Waals surface area contributed by atoms with Gasteiger partial charge in [-0.05, 0) is 30.3 Å². The van der Waals surface area contributed by atoms with Crippen LogP contribution in [0.15, 0.2) is 40.9 Å². The van der Waals surface area contributed by atoms with E-state index in [2.05, 4.69) is 15.9 Å². The standard InChI is InChI=1S/C15H14BrN3O/c1-19-14-6-4-10(20-2)8-13(14)18-15(19)11-7-9(17)3-5-12(11)16/h3-8H,17H2,1-2H3. The van der Waals surface area contributed by atoms with E-state index in [9.17, 15) is 0 Å². The van der Waals surface area contributed by atoms with Gasteiger partial charge in [0.25, 0.3) is 0 Å². The van der Waals surface area contributed by atoms with Crippen molar-refractivity contribution in [2.45, 2.75) is 0 Å². The van der Waals surface area contributed by atoms with Crippen LogP contribution in [0.5, 0.6) is 5.75 Å². The molecule has 0 radical (unpaired) electrons. The number of nitrogens with zero attached hydrogens (tertiary/aromatic N) is 2. The Labute approximate surface area is 125 Å². The average molecular weight is 332 g/mol. The van der Waals surface area contributed by atoms with Crippen molar-refractivity contribution in [1.82, 2.24) is 9.55 Å². The van der Waals surface area contributed by atoms with Gasteiger partial charge in [0.15, 0.2) is 0 Å². The van der Waals surface area contributed by atoms with Crippen LogP contribution in [0.25, 0.3) is 22.4 Å². The zero-order chi connectivity index (χ0) is 14.3. The maximum Gasteiger partial charge on any atom is 0.142 e. The Morgan fingerprint density at radius 3 is 2.75 bits per heavy atom. The van der Waals surface area contributed by atoms with Gasteiger partial charge in [-0.25, -0.2) is 4.98 Å². The van der Waals surface area contributed by atoms with Crippen LogP contribution in [0.1, 0.15) is 0 Å². The van der Waals surface area contributed by atoms with E-state index in [1.807, 2.05) is 48.0 Å². The second-order valence-electron chi connectivity index (χ2n) is 4.59. The Kier molecular flexibility index (Phi) is 3.14. The van der Waals surface area contributed by atoms with Gasteiger partial charge in [-0.15, -0.1) is 0 Å². The molecule has 0 atom stereocenters. The molecule has 0 aliphatic rings. The SMILES string of the molecule is COc1ccc2c(c1)nc(-c1cc(N)ccc1Br)n2C. The predicted molar refractivity (Wildman–Crippen MR) is 84.8 cm³/mol. The molecule has 4 nitrogen and oxygen atoms in total. The first kappa shape index (κ1) is 13.0. The smallest absolute Gasteiger partial charge is 0.142 e. The minimum atomic E-state index is 0.716. The summed E-state index contributed by atoms with van der Waals surface area (Å²) in [5.41, 5.74) is 9.52. The summed E-state index contributed by atoms with van der Waals surface area (Å²) in [4.78, 5) is 4.69. The first-order valence-corrected chi connectivity index (χ1v) is 6.95. The van der Waals surface area contributed by atoms with Gasteiger partial charge < -0.3 is 15.0 Å². The summed E-state index contributed by atoms with van der Waals surface area (Å²) >= 11 is 3.55. The Morgan fingerprint density at radius 2 is 2.00 bits per heavy atom. The Bertz CT molecular complexity index is 795. The molecule has 0 aliphatic carbocycles. The van der Waals surface area contributed by atoms with Crippen LogP contribution in [0, 0.1) is 0 Å². The number of halogens is 1. The molecular formula is C15H14BrN3O. The summed E-state index contributed by atoms with van der Waals surface area (Å²) in [5, 5.41) is 0. The molecule has 2 aromatic carbocycles. The van der Waals surface area contributed by atoms with E-state index in [-0.39, 0.29) is 0 Å². The van der Waals surface area contributed by atoms with Crippen LogP contribution in [0.2, 0.25) is 0 Å². The maximum atomic E-state index is 5.88. The number of aryl methyl sites for hydroxylation is 1. The first-order chi connectivity index (χ1) is 9.60. The van der Waals surface area contributed by atoms with E-state index in [4.69, 9.17) is 15.5 Å². The van der Waals surface area contributed by atoms with Crippen LogP contribution in [0.3, 0.4) is 0 Å². The third kappa shape index (κ3) is 2.04. The molecule has 0 spiro atoms. The molecule has 0 amide bonds. The minimum absolute atomic E-state index is 0.716. The van der Waals surface area contributed by atoms with Gasteiger partial charge in [-0.3, -0.25) is 0 Å². The fourth-order valence-corrected chi connectivity index (χ4v) is 2.69. The van der Waals surface area contributed by atoms with Crippen LogP contribution in [-0.4, -0.2) is 16.7 Å². The van der Waals surface area contributed by atoms with Crippen LogP contribution < -0.4 is 10.5 Å². The van der Waals surface area contributed by atoms with E-state index >= 15 is 0 Å². The lowest BCUT2D eigenvalue weighted by Crippen LogP contribution is -1.94. The van der Waals surface area contributed by atoms with Crippen molar-refractivity contribution in [3.63, 3.8) is 0 Å². The fourth-order valence-electron chi connectivity index (χ4n) is 2.26. The van der Waals surface area contributed by atoms with Gasteiger partial charge >= 0.3 is 0 Å². The first-order valence-electron chi connectivity index (χ1n) is 6.16. The molecule has 0 fully saturated rings. The zero-order valence-electron chi connectivity index (χ0n) is 11.2. The van der Waals surface area contributed by atoms with Gasteiger partial charge in [-0.1, -0.05) is 15.9 Å². The fraction of sp³-hybridized carbons (Fsp3) is 0.133. The summed E-state index contributed by atoms with van der Waals surface area (Å²) in [5.74, 6) is 1.67. The van der Waals surface area contributed by atoms with E-state index in [0.717, 1.165) is 32.6 Å². The second-order valence-corrected chi connectivity index (χ2v) is 5.44. The number of hydrogen-bond donors (Lipinski definition) is 1. The van der Waals surface area contributed by atoms with Crippen molar-refractivity contribution in [1.29, 1.82) is 0 Å². The molecule has 3 aromatic rings. The summed E-state index contributed by atoms with van der Waals surface area (Å²) in [6.07, 6.45) is 0. The van der Waals surface area contributed by atoms with Gasteiger partial charge in [-0.2, -0.15) is 0 Å². The summed E-state index contributed by atoms with van der Waals surface area (Å²) in [6, 6.07) is 11.6. The number of anilines is 1. The third-order valence-corrected chi connectivity index (χ3v) is 4.01. The number of hydrogen-bond acceptors (Lipinski definition) is 3. The van der Waals surface area contributed by atoms with Crippen molar-refractivity contribution >= 4 is 32.7 Å². The maximum absolute atomic E-state index is 5.88. The molecule has 3 rings (SSSR count). The van der Waals surface area contributed by atoms with E-state index in [0.29, 0.717) is 5.69 Å². The molecule has 0 saturated heterocycles. The average Bonchev–Trinajstić information content (AvgIpc) is 2.78. The van der Waals surface area contributed by atoms with E-state index in [1.165, 1.54) is 0 Å². The lowest BCUT2D eigenvalue weighted by Gasteiger charge is -2.06. The number of aromatic nitrogens is 2. The van der Waals surface area contributed by atoms with Gasteiger partial charge in [0, 0.05) is 28.8 Å². The van der Waals surface area contributed by atoms with E-state index < -0.39 is 0 Å². The Morgan fingerprint density at radius 1 is 1.20 bits per heavy atom. The van der Waals surface area contributed by atoms with Crippen molar-refractivity contribution in [2.24, 2.45) is 7.05 Å².